The van der Waals surface area contributed by atoms with Crippen molar-refractivity contribution in [3.63, 3.8) is 0 Å². The maximum absolute atomic E-state index is 10.7. The molecule has 0 saturated heterocycles. The van der Waals surface area contributed by atoms with Crippen molar-refractivity contribution in [1.82, 2.24) is 0 Å². The number of hydrogen-bond donors (Lipinski definition) is 0. The average Bonchev–Trinajstić information content (AvgIpc) is 2.08. The summed E-state index contributed by atoms with van der Waals surface area (Å²) in [5, 5.41) is 0. The van der Waals surface area contributed by atoms with Gasteiger partial charge in [0.05, 0.1) is 3.57 Å². The van der Waals surface area contributed by atoms with Gasteiger partial charge in [-0.2, -0.15) is 0 Å². The largest absolute Gasteiger partial charge is 0.426 e. The molecule has 0 aliphatic rings. The van der Waals surface area contributed by atoms with Gasteiger partial charge in [-0.15, -0.1) is 0 Å². The molecule has 2 nitrogen and oxygen atoms in total. The van der Waals surface area contributed by atoms with Crippen LogP contribution in [-0.4, -0.2) is 5.97 Å². The van der Waals surface area contributed by atoms with Crippen LogP contribution >= 0.6 is 22.6 Å². The molecule has 0 aromatic heterocycles. The summed E-state index contributed by atoms with van der Waals surface area (Å²) in [6.07, 6.45) is 0.950. The SMILES string of the molecule is CCc1ccc(I)c(OC(C)=O)c1. The van der Waals surface area contributed by atoms with Crippen LogP contribution in [0.15, 0.2) is 18.2 Å². The fraction of sp³-hybridized carbons (Fsp3) is 0.300. The van der Waals surface area contributed by atoms with E-state index in [4.69, 9.17) is 4.74 Å². The molecule has 0 saturated carbocycles. The highest BCUT2D eigenvalue weighted by atomic mass is 127. The van der Waals surface area contributed by atoms with Gasteiger partial charge < -0.3 is 4.74 Å². The van der Waals surface area contributed by atoms with Gasteiger partial charge in [0, 0.05) is 6.92 Å². The van der Waals surface area contributed by atoms with Gasteiger partial charge in [-0.05, 0) is 46.7 Å². The minimum absolute atomic E-state index is 0.272. The van der Waals surface area contributed by atoms with Crippen LogP contribution in [0.1, 0.15) is 19.4 Å². The average molecular weight is 290 g/mol. The topological polar surface area (TPSA) is 26.3 Å². The Morgan fingerprint density at radius 3 is 2.77 bits per heavy atom. The van der Waals surface area contributed by atoms with Gasteiger partial charge >= 0.3 is 5.97 Å². The Morgan fingerprint density at radius 2 is 2.23 bits per heavy atom. The molecule has 1 aromatic rings. The first-order valence-corrected chi connectivity index (χ1v) is 5.18. The molecule has 0 atom stereocenters. The normalized spacial score (nSPS) is 9.77. The number of aryl methyl sites for hydroxylation is 1. The van der Waals surface area contributed by atoms with E-state index in [1.807, 2.05) is 18.2 Å². The van der Waals surface area contributed by atoms with Gasteiger partial charge in [0.2, 0.25) is 0 Å². The molecule has 1 aromatic carbocycles. The number of halogens is 1. The maximum Gasteiger partial charge on any atom is 0.308 e. The number of hydrogen-bond acceptors (Lipinski definition) is 2. The van der Waals surface area contributed by atoms with Crippen LogP contribution in [0.4, 0.5) is 0 Å². The van der Waals surface area contributed by atoms with Gasteiger partial charge in [-0.3, -0.25) is 4.79 Å². The standard InChI is InChI=1S/C10H11IO2/c1-3-8-4-5-9(11)10(6-8)13-7(2)12/h4-6H,3H2,1-2H3. The van der Waals surface area contributed by atoms with Gasteiger partial charge in [0.1, 0.15) is 5.75 Å². The molecule has 0 aliphatic carbocycles. The van der Waals surface area contributed by atoms with Crippen LogP contribution in [0.3, 0.4) is 0 Å². The lowest BCUT2D eigenvalue weighted by molar-refractivity contribution is -0.131. The first kappa shape index (κ1) is 10.5. The highest BCUT2D eigenvalue weighted by Gasteiger charge is 2.04. The third-order valence-corrected chi connectivity index (χ3v) is 2.55. The Hall–Kier alpha value is -0.580. The van der Waals surface area contributed by atoms with E-state index in [2.05, 4.69) is 29.5 Å². The second kappa shape index (κ2) is 4.60. The van der Waals surface area contributed by atoms with E-state index < -0.39 is 0 Å². The summed E-state index contributed by atoms with van der Waals surface area (Å²) < 4.78 is 6.00. The van der Waals surface area contributed by atoms with E-state index in [1.54, 1.807) is 0 Å². The molecular weight excluding hydrogens is 279 g/mol. The predicted octanol–water partition coefficient (Wildman–Crippen LogP) is 2.78. The molecular formula is C10H11IO2. The molecule has 0 spiro atoms. The molecule has 0 fully saturated rings. The summed E-state index contributed by atoms with van der Waals surface area (Å²) >= 11 is 2.15. The van der Waals surface area contributed by atoms with Crippen molar-refractivity contribution in [3.05, 3.63) is 27.3 Å². The van der Waals surface area contributed by atoms with Crippen LogP contribution in [0.2, 0.25) is 0 Å². The number of rotatable bonds is 2. The Morgan fingerprint density at radius 1 is 1.54 bits per heavy atom. The summed E-state index contributed by atoms with van der Waals surface area (Å²) in [4.78, 5) is 10.7. The summed E-state index contributed by atoms with van der Waals surface area (Å²) in [5.74, 6) is 0.388. The summed E-state index contributed by atoms with van der Waals surface area (Å²) in [7, 11) is 0. The fourth-order valence-electron chi connectivity index (χ4n) is 1.00. The zero-order chi connectivity index (χ0) is 9.84. The van der Waals surface area contributed by atoms with E-state index >= 15 is 0 Å². The second-order valence-corrected chi connectivity index (χ2v) is 3.87. The molecule has 0 N–H and O–H groups in total. The van der Waals surface area contributed by atoms with Crippen molar-refractivity contribution in [2.24, 2.45) is 0 Å². The number of benzene rings is 1. The fourth-order valence-corrected chi connectivity index (χ4v) is 1.45. The summed E-state index contributed by atoms with van der Waals surface area (Å²) in [6.45, 7) is 3.48. The number of carbonyl (C=O) groups excluding carboxylic acids is 1. The lowest BCUT2D eigenvalue weighted by atomic mass is 10.2. The Labute approximate surface area is 91.4 Å². The molecule has 1 rings (SSSR count). The van der Waals surface area contributed by atoms with Crippen molar-refractivity contribution in [2.75, 3.05) is 0 Å². The third kappa shape index (κ3) is 2.99. The zero-order valence-corrected chi connectivity index (χ0v) is 9.79. The van der Waals surface area contributed by atoms with E-state index in [1.165, 1.54) is 12.5 Å². The van der Waals surface area contributed by atoms with Gasteiger partial charge in [-0.1, -0.05) is 13.0 Å². The minimum Gasteiger partial charge on any atom is -0.426 e. The van der Waals surface area contributed by atoms with E-state index in [0.29, 0.717) is 5.75 Å². The second-order valence-electron chi connectivity index (χ2n) is 2.71. The van der Waals surface area contributed by atoms with Gasteiger partial charge in [0.15, 0.2) is 0 Å². The minimum atomic E-state index is -0.272. The molecule has 13 heavy (non-hydrogen) atoms. The molecule has 70 valence electrons. The van der Waals surface area contributed by atoms with Crippen molar-refractivity contribution >= 4 is 28.6 Å². The van der Waals surface area contributed by atoms with Crippen molar-refractivity contribution in [3.8, 4) is 5.75 Å². The first-order chi connectivity index (χ1) is 6.13. The summed E-state index contributed by atoms with van der Waals surface area (Å²) in [5.41, 5.74) is 1.18. The molecule has 0 unspecified atom stereocenters. The highest BCUT2D eigenvalue weighted by molar-refractivity contribution is 14.1. The Bertz CT molecular complexity index is 321. The first-order valence-electron chi connectivity index (χ1n) is 4.10. The van der Waals surface area contributed by atoms with Crippen LogP contribution in [-0.2, 0) is 11.2 Å². The lowest BCUT2D eigenvalue weighted by Gasteiger charge is -2.05. The van der Waals surface area contributed by atoms with Gasteiger partial charge in [-0.25, -0.2) is 0 Å². The van der Waals surface area contributed by atoms with Crippen LogP contribution < -0.4 is 4.74 Å². The monoisotopic (exact) mass is 290 g/mol. The van der Waals surface area contributed by atoms with Crippen molar-refractivity contribution in [1.29, 1.82) is 0 Å². The van der Waals surface area contributed by atoms with E-state index in [0.717, 1.165) is 9.99 Å². The molecule has 0 aliphatic heterocycles. The quantitative estimate of drug-likeness (QED) is 0.475. The van der Waals surface area contributed by atoms with Gasteiger partial charge in [0.25, 0.3) is 0 Å². The summed E-state index contributed by atoms with van der Waals surface area (Å²) in [6, 6.07) is 5.90. The smallest absolute Gasteiger partial charge is 0.308 e. The lowest BCUT2D eigenvalue weighted by Crippen LogP contribution is -2.03. The predicted molar refractivity (Wildman–Crippen MR) is 59.8 cm³/mol. The third-order valence-electron chi connectivity index (χ3n) is 1.66. The van der Waals surface area contributed by atoms with Crippen LogP contribution in [0.25, 0.3) is 0 Å². The Balaban J connectivity index is 2.96. The number of ether oxygens (including phenoxy) is 1. The zero-order valence-electron chi connectivity index (χ0n) is 7.63. The number of esters is 1. The molecule has 3 heteroatoms. The molecule has 0 heterocycles. The van der Waals surface area contributed by atoms with Crippen molar-refractivity contribution in [2.45, 2.75) is 20.3 Å². The Kier molecular flexibility index (Phi) is 3.71. The van der Waals surface area contributed by atoms with Crippen LogP contribution in [0.5, 0.6) is 5.75 Å². The molecule has 0 radical (unpaired) electrons. The maximum atomic E-state index is 10.7. The molecule has 0 bridgehead atoms. The highest BCUT2D eigenvalue weighted by Crippen LogP contribution is 2.22. The number of carbonyl (C=O) groups is 1. The van der Waals surface area contributed by atoms with E-state index in [-0.39, 0.29) is 5.97 Å². The van der Waals surface area contributed by atoms with Crippen molar-refractivity contribution < 1.29 is 9.53 Å². The molecule has 0 amide bonds. The van der Waals surface area contributed by atoms with Crippen LogP contribution in [0, 0.1) is 3.57 Å². The van der Waals surface area contributed by atoms with E-state index in [9.17, 15) is 4.79 Å².